The van der Waals surface area contributed by atoms with Crippen molar-refractivity contribution in [1.82, 2.24) is 0 Å². The molecule has 686 valence electrons. The van der Waals surface area contributed by atoms with E-state index in [0.717, 1.165) is 17.1 Å². The van der Waals surface area contributed by atoms with Gasteiger partial charge in [0.2, 0.25) is 0 Å². The van der Waals surface area contributed by atoms with E-state index in [4.69, 9.17) is 0 Å². The normalized spacial score (nSPS) is 13.7. The summed E-state index contributed by atoms with van der Waals surface area (Å²) in [5.74, 6) is 0. The van der Waals surface area contributed by atoms with Gasteiger partial charge in [0, 0.05) is 135 Å². The number of nitrogens with zero attached hydrogens (tertiary/aromatic N) is 7. The lowest BCUT2D eigenvalue weighted by Gasteiger charge is -2.50. The number of rotatable bonds is 4. The molecule has 12 heterocycles. The average Bonchev–Trinajstić information content (AvgIpc) is 0.682. The van der Waals surface area contributed by atoms with E-state index in [9.17, 15) is 0 Å². The van der Waals surface area contributed by atoms with E-state index in [1.54, 1.807) is 0 Å². The fraction of sp³-hybridized carbons (Fsp3) is 0.0597. The molecule has 7 nitrogen and oxygen atoms in total. The largest absolute Gasteiger partial charge is 0.376 e. The Hall–Kier alpha value is -17.4. The van der Waals surface area contributed by atoms with Crippen LogP contribution in [-0.4, -0.2) is 41.1 Å². The SMILES string of the molecule is C.Cc1ccc2c(c1)-c1cc(C)ccc1N1B2c2cccc3c2-c2c1cccc2N1B3c2ccc(N(c3ccccc3)c3ccccc3)cc2-c2cc(C)ccc21.Cc1ccc2c(c1)-c1ccccc1B1c3cccc4c3-c3c(cccc3N12)N1B4c2ccc(-c3ccccc3)cc2-c2ccccc21.Cc1ccc2c(c1)-c1ccccc1N1B2c2cccc3c2-c2c1cccc2N1B3c2ccc(C)cc2-c2cc(C)ccc21. The molecule has 12 aliphatic heterocycles. The molecule has 0 fully saturated rings. The zero-order valence-electron chi connectivity index (χ0n) is 82.2. The fourth-order valence-electron chi connectivity index (χ4n) is 27.8. The summed E-state index contributed by atoms with van der Waals surface area (Å²) >= 11 is 0. The topological polar surface area (TPSA) is 22.7 Å². The van der Waals surface area contributed by atoms with Crippen LogP contribution in [0.3, 0.4) is 0 Å². The Morgan fingerprint density at radius 3 is 0.728 bits per heavy atom. The molecule has 0 aromatic heterocycles. The minimum atomic E-state index is 0. The number of fused-ring (bicyclic) bond motifs is 48. The van der Waals surface area contributed by atoms with Crippen LogP contribution in [0.4, 0.5) is 85.3 Å². The first-order chi connectivity index (χ1) is 71.9. The Kier molecular flexibility index (Phi) is 18.6. The quantitative estimate of drug-likeness (QED) is 0.162. The number of benzene rings is 21. The van der Waals surface area contributed by atoms with Gasteiger partial charge < -0.3 is 33.8 Å². The molecule has 13 heteroatoms. The molecule has 0 bridgehead atoms. The first-order valence-corrected chi connectivity index (χ1v) is 51.7. The van der Waals surface area contributed by atoms with Crippen molar-refractivity contribution in [2.24, 2.45) is 0 Å². The average molecular weight is 1870 g/mol. The van der Waals surface area contributed by atoms with Crippen molar-refractivity contribution in [1.29, 1.82) is 0 Å². The molecule has 0 atom stereocenters. The molecule has 0 unspecified atom stereocenters. The van der Waals surface area contributed by atoms with Gasteiger partial charge in [-0.3, -0.25) is 0 Å². The Bertz CT molecular complexity index is 9260. The van der Waals surface area contributed by atoms with Gasteiger partial charge in [-0.05, 0) is 315 Å². The van der Waals surface area contributed by atoms with Gasteiger partial charge in [0.15, 0.2) is 0 Å². The lowest BCUT2D eigenvalue weighted by atomic mass is 9.37. The molecule has 0 aliphatic carbocycles. The fourth-order valence-corrected chi connectivity index (χ4v) is 27.8. The first kappa shape index (κ1) is 85.2. The highest BCUT2D eigenvalue weighted by Crippen LogP contribution is 2.60. The predicted molar refractivity (Wildman–Crippen MR) is 630 cm³/mol. The van der Waals surface area contributed by atoms with E-state index < -0.39 is 0 Å². The highest BCUT2D eigenvalue weighted by Gasteiger charge is 2.55. The molecular formula is C134H97B6N7. The standard InChI is InChI=1S/C51H37B2N3.C43H28B2N2.C39H28B2N2.CH4/c1-32-20-24-42-38(28-32)40-29-33(2)21-26-46(40)55-48-18-11-19-49-51(48)50-44(52(42)55)16-10-17-45(50)53-43-25-23-37(31-39(43)41-30-34(3)22-27-47(41)56(49)53)54(35-12-6-4-7-13-35)36-14-8-5-9-15-36;1-27-21-24-39-33(25-27)30-13-5-7-15-34(30)44-36-16-9-17-37-42(36)43-40(19-10-20-41(43)47(39)44)46-38-18-8-6-14-31(38)32-26-29(22-23-35(32)45(37)46)28-11-3-2-4-12-28;1-23-14-17-30-27(20-23)26-8-4-5-11-34(26)42-36-12-7-13-37-39(36)38-32(40(30)42)9-6-10-33(38)41-31-18-15-24(2)21-28(31)29-22-25(3)16-19-35(29)43(37)41;/h4-31H,1-3H3;2-26H,1H3;4-22H,1-3H3;1H4. The number of hydrogen-bond donors (Lipinski definition) is 0. The molecule has 21 aromatic rings. The Balaban J connectivity index is 0.000000103. The molecule has 0 saturated carbocycles. The van der Waals surface area contributed by atoms with Gasteiger partial charge in [0.05, 0.1) is 0 Å². The van der Waals surface area contributed by atoms with E-state index in [1.807, 2.05) is 0 Å². The molecule has 0 N–H and O–H groups in total. The van der Waals surface area contributed by atoms with Gasteiger partial charge in [-0.15, -0.1) is 0 Å². The van der Waals surface area contributed by atoms with Crippen LogP contribution in [0, 0.1) is 48.5 Å². The molecular weight excluding hydrogens is 1770 g/mol. The maximum atomic E-state index is 2.64. The zero-order valence-corrected chi connectivity index (χ0v) is 82.2. The number of aryl methyl sites for hydroxylation is 7. The van der Waals surface area contributed by atoms with Crippen LogP contribution in [0.2, 0.25) is 0 Å². The van der Waals surface area contributed by atoms with Crippen molar-refractivity contribution in [3.8, 4) is 111 Å². The summed E-state index contributed by atoms with van der Waals surface area (Å²) in [4.78, 5) is 18.2. The molecule has 0 radical (unpaired) electrons. The summed E-state index contributed by atoms with van der Waals surface area (Å²) in [5, 5.41) is 0. The van der Waals surface area contributed by atoms with Gasteiger partial charge in [0.25, 0.3) is 0 Å². The van der Waals surface area contributed by atoms with Crippen molar-refractivity contribution in [2.45, 2.75) is 55.9 Å². The van der Waals surface area contributed by atoms with E-state index in [-0.39, 0.29) is 48.5 Å². The van der Waals surface area contributed by atoms with E-state index in [2.05, 4.69) is 519 Å². The second kappa shape index (κ2) is 32.1. The maximum absolute atomic E-state index is 2.64. The van der Waals surface area contributed by atoms with Crippen LogP contribution >= 0.6 is 0 Å². The van der Waals surface area contributed by atoms with Crippen molar-refractivity contribution in [3.05, 3.63) is 476 Å². The van der Waals surface area contributed by atoms with Gasteiger partial charge in [-0.25, -0.2) is 0 Å². The first-order valence-electron chi connectivity index (χ1n) is 51.7. The Labute approximate surface area is 862 Å². The number of hydrogen-bond acceptors (Lipinski definition) is 7. The van der Waals surface area contributed by atoms with E-state index in [1.165, 1.54) is 284 Å². The van der Waals surface area contributed by atoms with Gasteiger partial charge in [-0.1, -0.05) is 344 Å². The highest BCUT2D eigenvalue weighted by molar-refractivity contribution is 7.00. The zero-order chi connectivity index (χ0) is 96.6. The lowest BCUT2D eigenvalue weighted by molar-refractivity contribution is 1.27. The second-order valence-corrected chi connectivity index (χ2v) is 42.0. The summed E-state index contributed by atoms with van der Waals surface area (Å²) in [6.07, 6.45) is 0. The smallest absolute Gasteiger partial charge is 0.329 e. The van der Waals surface area contributed by atoms with Crippen LogP contribution in [0.1, 0.15) is 46.4 Å². The lowest BCUT2D eigenvalue weighted by Crippen LogP contribution is -2.65. The summed E-state index contributed by atoms with van der Waals surface area (Å²) in [6, 6.07) is 165. The van der Waals surface area contributed by atoms with Crippen molar-refractivity contribution in [3.63, 3.8) is 0 Å². The summed E-state index contributed by atoms with van der Waals surface area (Å²) < 4.78 is 0. The number of para-hydroxylation sites is 4. The van der Waals surface area contributed by atoms with Crippen LogP contribution in [-0.2, 0) is 0 Å². The Morgan fingerprint density at radius 2 is 0.374 bits per heavy atom. The van der Waals surface area contributed by atoms with Gasteiger partial charge >= 0.3 is 41.1 Å². The highest BCUT2D eigenvalue weighted by atomic mass is 15.2. The Morgan fingerprint density at radius 1 is 0.143 bits per heavy atom. The second-order valence-electron chi connectivity index (χ2n) is 42.0. The van der Waals surface area contributed by atoms with E-state index >= 15 is 0 Å². The summed E-state index contributed by atoms with van der Waals surface area (Å²) in [5.41, 5.74) is 70.9. The minimum absolute atomic E-state index is 0. The minimum Gasteiger partial charge on any atom is -0.376 e. The number of anilines is 15. The van der Waals surface area contributed by atoms with Crippen LogP contribution in [0.5, 0.6) is 0 Å². The van der Waals surface area contributed by atoms with Crippen molar-refractivity contribution in [2.75, 3.05) is 33.8 Å². The molecule has 12 aliphatic rings. The van der Waals surface area contributed by atoms with Crippen molar-refractivity contribution < 1.29 is 0 Å². The van der Waals surface area contributed by atoms with Crippen LogP contribution in [0.25, 0.3) is 111 Å². The molecule has 33 rings (SSSR count). The maximum Gasteiger partial charge on any atom is 0.329 e. The van der Waals surface area contributed by atoms with Gasteiger partial charge in [-0.2, -0.15) is 0 Å². The van der Waals surface area contributed by atoms with Crippen molar-refractivity contribution >= 4 is 192 Å². The third kappa shape index (κ3) is 12.1. The van der Waals surface area contributed by atoms with Crippen LogP contribution in [0.15, 0.2) is 437 Å². The summed E-state index contributed by atoms with van der Waals surface area (Å²) in [7, 11) is 0. The molecule has 21 aromatic carbocycles. The third-order valence-electron chi connectivity index (χ3n) is 33.6. The monoisotopic (exact) mass is 1870 g/mol. The third-order valence-corrected chi connectivity index (χ3v) is 33.6. The van der Waals surface area contributed by atoms with Gasteiger partial charge in [0.1, 0.15) is 0 Å². The molecule has 0 saturated heterocycles. The van der Waals surface area contributed by atoms with E-state index in [0.29, 0.717) is 0 Å². The summed E-state index contributed by atoms with van der Waals surface area (Å²) in [6.45, 7) is 15.9. The molecule has 0 spiro atoms. The predicted octanol–water partition coefficient (Wildman–Crippen LogP) is 25.4. The molecule has 0 amide bonds. The molecule has 147 heavy (non-hydrogen) atoms. The van der Waals surface area contributed by atoms with Crippen LogP contribution < -0.4 is 99.3 Å².